The second kappa shape index (κ2) is 6.73. The molecule has 138 valence electrons. The fourth-order valence-corrected chi connectivity index (χ4v) is 3.74. The number of hydrogen-bond acceptors (Lipinski definition) is 3. The van der Waals surface area contributed by atoms with E-state index in [0.29, 0.717) is 0 Å². The van der Waals surface area contributed by atoms with Crippen LogP contribution in [0.5, 0.6) is 5.75 Å². The fourth-order valence-electron chi connectivity index (χ4n) is 3.40. The minimum Gasteiger partial charge on any atom is -0.497 e. The molecule has 0 aliphatic rings. The Morgan fingerprint density at radius 1 is 1.04 bits per heavy atom. The molecule has 0 spiro atoms. The van der Waals surface area contributed by atoms with Gasteiger partial charge in [-0.15, -0.1) is 0 Å². The molecule has 28 heavy (non-hydrogen) atoms. The third kappa shape index (κ3) is 2.82. The highest BCUT2D eigenvalue weighted by atomic mass is 79.9. The number of para-hydroxylation sites is 1. The number of ether oxygens (including phenoxy) is 1. The van der Waals surface area contributed by atoms with Crippen molar-refractivity contribution in [2.75, 3.05) is 12.4 Å². The highest BCUT2D eigenvalue weighted by Gasteiger charge is 2.17. The molecule has 5 nitrogen and oxygen atoms in total. The summed E-state index contributed by atoms with van der Waals surface area (Å²) in [5, 5.41) is 4.68. The predicted molar refractivity (Wildman–Crippen MR) is 116 cm³/mol. The van der Waals surface area contributed by atoms with Crippen LogP contribution in [0.15, 0.2) is 77.5 Å². The lowest BCUT2D eigenvalue weighted by Crippen LogP contribution is -1.97. The van der Waals surface area contributed by atoms with E-state index in [2.05, 4.69) is 42.8 Å². The van der Waals surface area contributed by atoms with E-state index < -0.39 is 0 Å². The van der Waals surface area contributed by atoms with E-state index >= 15 is 0 Å². The number of rotatable bonds is 4. The maximum Gasteiger partial charge on any atom is 0.143 e. The smallest absolute Gasteiger partial charge is 0.143 e. The lowest BCUT2D eigenvalue weighted by Gasteiger charge is -2.09. The lowest BCUT2D eigenvalue weighted by atomic mass is 10.1. The third-order valence-corrected chi connectivity index (χ3v) is 5.25. The number of aromatic amines is 1. The van der Waals surface area contributed by atoms with Gasteiger partial charge in [-0.25, -0.2) is 4.98 Å². The van der Waals surface area contributed by atoms with Gasteiger partial charge in [0, 0.05) is 39.0 Å². The minimum atomic E-state index is 0.822. The Labute approximate surface area is 170 Å². The first-order chi connectivity index (χ1) is 13.7. The summed E-state index contributed by atoms with van der Waals surface area (Å²) in [6.45, 7) is 0. The number of halogens is 1. The van der Waals surface area contributed by atoms with Crippen LogP contribution in [-0.2, 0) is 0 Å². The van der Waals surface area contributed by atoms with Gasteiger partial charge in [-0.05, 0) is 58.4 Å². The molecule has 0 aliphatic carbocycles. The van der Waals surface area contributed by atoms with Gasteiger partial charge in [0.2, 0.25) is 0 Å². The van der Waals surface area contributed by atoms with E-state index in [-0.39, 0.29) is 0 Å². The number of aromatic nitrogens is 3. The van der Waals surface area contributed by atoms with E-state index in [0.717, 1.165) is 49.5 Å². The molecule has 0 aliphatic heterocycles. The van der Waals surface area contributed by atoms with E-state index in [4.69, 9.17) is 9.72 Å². The third-order valence-electron chi connectivity index (χ3n) is 4.78. The minimum absolute atomic E-state index is 0.822. The first-order valence-electron chi connectivity index (χ1n) is 8.88. The lowest BCUT2D eigenvalue weighted by molar-refractivity contribution is 0.415. The van der Waals surface area contributed by atoms with Crippen LogP contribution < -0.4 is 10.1 Å². The van der Waals surface area contributed by atoms with Crippen LogP contribution in [-0.4, -0.2) is 21.5 Å². The number of fused-ring (bicyclic) bond motifs is 2. The Morgan fingerprint density at radius 2 is 1.86 bits per heavy atom. The van der Waals surface area contributed by atoms with E-state index in [1.165, 1.54) is 0 Å². The van der Waals surface area contributed by atoms with Crippen molar-refractivity contribution in [1.82, 2.24) is 14.4 Å². The zero-order valence-electron chi connectivity index (χ0n) is 15.1. The Morgan fingerprint density at radius 3 is 2.68 bits per heavy atom. The molecule has 0 saturated carbocycles. The topological polar surface area (TPSA) is 54.3 Å². The van der Waals surface area contributed by atoms with Crippen LogP contribution in [0, 0.1) is 0 Å². The summed E-state index contributed by atoms with van der Waals surface area (Å²) in [6, 6.07) is 20.1. The molecule has 6 heteroatoms. The van der Waals surface area contributed by atoms with Crippen molar-refractivity contribution in [3.63, 3.8) is 0 Å². The van der Waals surface area contributed by atoms with Gasteiger partial charge < -0.3 is 15.0 Å². The molecule has 5 aromatic rings. The molecule has 0 saturated heterocycles. The largest absolute Gasteiger partial charge is 0.497 e. The molecule has 2 aromatic carbocycles. The Hall–Kier alpha value is -3.25. The maximum absolute atomic E-state index is 5.27. The second-order valence-electron chi connectivity index (χ2n) is 6.49. The molecule has 0 atom stereocenters. The average molecular weight is 433 g/mol. The standard InChI is InChI=1S/C22H17BrN4O/c1-28-16-9-7-15(8-10-16)25-22-21(26-20-11-6-14(23)13-27(20)22)18-12-24-19-5-3-2-4-17(18)19/h2-13,24-25H,1H3. The average Bonchev–Trinajstić information content (AvgIpc) is 3.30. The Balaban J connectivity index is 1.71. The van der Waals surface area contributed by atoms with Crippen molar-refractivity contribution in [3.8, 4) is 17.0 Å². The van der Waals surface area contributed by atoms with Crippen molar-refractivity contribution >= 4 is 44.0 Å². The van der Waals surface area contributed by atoms with Crippen molar-refractivity contribution in [2.45, 2.75) is 0 Å². The Bertz CT molecular complexity index is 1290. The van der Waals surface area contributed by atoms with Crippen LogP contribution >= 0.6 is 15.9 Å². The van der Waals surface area contributed by atoms with Gasteiger partial charge in [0.15, 0.2) is 0 Å². The number of imidazole rings is 1. The molecule has 0 bridgehead atoms. The van der Waals surface area contributed by atoms with Crippen molar-refractivity contribution in [2.24, 2.45) is 0 Å². The van der Waals surface area contributed by atoms with Gasteiger partial charge in [0.25, 0.3) is 0 Å². The predicted octanol–water partition coefficient (Wildman–Crippen LogP) is 6.00. The zero-order chi connectivity index (χ0) is 19.1. The maximum atomic E-state index is 5.27. The van der Waals surface area contributed by atoms with Crippen LogP contribution in [0.4, 0.5) is 11.5 Å². The number of pyridine rings is 1. The number of hydrogen-bond donors (Lipinski definition) is 2. The summed E-state index contributed by atoms with van der Waals surface area (Å²) < 4.78 is 8.31. The molecule has 3 heterocycles. The number of methoxy groups -OCH3 is 1. The summed E-state index contributed by atoms with van der Waals surface area (Å²) in [5.74, 6) is 1.73. The van der Waals surface area contributed by atoms with Gasteiger partial charge in [-0.3, -0.25) is 4.40 Å². The van der Waals surface area contributed by atoms with E-state index in [9.17, 15) is 0 Å². The molecule has 3 aromatic heterocycles. The van der Waals surface area contributed by atoms with Crippen molar-refractivity contribution in [1.29, 1.82) is 0 Å². The summed E-state index contributed by atoms with van der Waals surface area (Å²) in [7, 11) is 1.67. The van der Waals surface area contributed by atoms with E-state index in [1.54, 1.807) is 7.11 Å². The fraction of sp³-hybridized carbons (Fsp3) is 0.0455. The molecule has 0 fully saturated rings. The summed E-state index contributed by atoms with van der Waals surface area (Å²) >= 11 is 3.57. The first kappa shape index (κ1) is 16.9. The molecular formula is C22H17BrN4O. The van der Waals surface area contributed by atoms with Gasteiger partial charge in [-0.2, -0.15) is 0 Å². The van der Waals surface area contributed by atoms with E-state index in [1.807, 2.05) is 60.9 Å². The highest BCUT2D eigenvalue weighted by molar-refractivity contribution is 9.10. The molecule has 5 rings (SSSR count). The van der Waals surface area contributed by atoms with Crippen molar-refractivity contribution in [3.05, 3.63) is 77.5 Å². The van der Waals surface area contributed by atoms with Crippen molar-refractivity contribution < 1.29 is 4.74 Å². The molecule has 2 N–H and O–H groups in total. The highest BCUT2D eigenvalue weighted by Crippen LogP contribution is 2.36. The summed E-state index contributed by atoms with van der Waals surface area (Å²) in [4.78, 5) is 8.26. The normalized spacial score (nSPS) is 11.2. The SMILES string of the molecule is COc1ccc(Nc2c(-c3c[nH]c4ccccc34)nc3ccc(Br)cn23)cc1. The molecule has 0 unspecified atom stereocenters. The van der Waals surface area contributed by atoms with Crippen LogP contribution in [0.3, 0.4) is 0 Å². The molecular weight excluding hydrogens is 416 g/mol. The van der Waals surface area contributed by atoms with Gasteiger partial charge in [0.1, 0.15) is 22.9 Å². The number of benzene rings is 2. The number of nitrogens with zero attached hydrogens (tertiary/aromatic N) is 2. The number of H-pyrrole nitrogens is 1. The van der Waals surface area contributed by atoms with Crippen LogP contribution in [0.2, 0.25) is 0 Å². The van der Waals surface area contributed by atoms with Gasteiger partial charge >= 0.3 is 0 Å². The summed E-state index contributed by atoms with van der Waals surface area (Å²) in [6.07, 6.45) is 4.03. The zero-order valence-corrected chi connectivity index (χ0v) is 16.7. The van der Waals surface area contributed by atoms with Crippen LogP contribution in [0.25, 0.3) is 27.8 Å². The number of anilines is 2. The van der Waals surface area contributed by atoms with Gasteiger partial charge in [0.05, 0.1) is 7.11 Å². The monoisotopic (exact) mass is 432 g/mol. The number of nitrogens with one attached hydrogen (secondary N) is 2. The molecule has 0 radical (unpaired) electrons. The second-order valence-corrected chi connectivity index (χ2v) is 7.40. The van der Waals surface area contributed by atoms with Crippen LogP contribution in [0.1, 0.15) is 0 Å². The molecule has 0 amide bonds. The quantitative estimate of drug-likeness (QED) is 0.366. The van der Waals surface area contributed by atoms with Gasteiger partial charge in [-0.1, -0.05) is 18.2 Å². The Kier molecular flexibility index (Phi) is 4.06. The summed E-state index contributed by atoms with van der Waals surface area (Å²) in [5.41, 5.74) is 4.88. The first-order valence-corrected chi connectivity index (χ1v) is 9.67.